The molecule has 0 aromatic heterocycles. The number of carbonyl (C=O) groups is 1. The highest BCUT2D eigenvalue weighted by Crippen LogP contribution is 2.01. The molecule has 0 aromatic carbocycles. The Kier molecular flexibility index (Phi) is 6.54. The first-order valence-corrected chi connectivity index (χ1v) is 4.64. The second kappa shape index (κ2) is 6.86. The van der Waals surface area contributed by atoms with Gasteiger partial charge in [-0.05, 0) is 20.4 Å². The third-order valence-electron chi connectivity index (χ3n) is 2.00. The molecule has 1 N–H and O–H groups in total. The van der Waals surface area contributed by atoms with Crippen LogP contribution in [0, 0.1) is 0 Å². The van der Waals surface area contributed by atoms with Crippen molar-refractivity contribution in [2.24, 2.45) is 0 Å². The molecule has 0 radical (unpaired) electrons. The van der Waals surface area contributed by atoms with Crippen LogP contribution in [0.2, 0.25) is 0 Å². The van der Waals surface area contributed by atoms with Crippen LogP contribution < -0.4 is 0 Å². The summed E-state index contributed by atoms with van der Waals surface area (Å²) in [6.07, 6.45) is 0.623. The first-order chi connectivity index (χ1) is 6.13. The van der Waals surface area contributed by atoms with Crippen molar-refractivity contribution in [1.82, 2.24) is 4.90 Å². The lowest BCUT2D eigenvalue weighted by Gasteiger charge is -2.22. The molecular weight excluding hydrogens is 170 g/mol. The Hall–Kier alpha value is -0.610. The molecule has 0 heterocycles. The molecule has 1 atom stereocenters. The van der Waals surface area contributed by atoms with Crippen LogP contribution in [0.15, 0.2) is 0 Å². The van der Waals surface area contributed by atoms with E-state index in [9.17, 15) is 4.79 Å². The van der Waals surface area contributed by atoms with Crippen molar-refractivity contribution in [2.45, 2.75) is 26.3 Å². The SMILES string of the molecule is CCOCCN(C)C(CC)C(=O)O. The van der Waals surface area contributed by atoms with Crippen molar-refractivity contribution < 1.29 is 14.6 Å². The highest BCUT2D eigenvalue weighted by molar-refractivity contribution is 5.73. The molecule has 0 bridgehead atoms. The lowest BCUT2D eigenvalue weighted by molar-refractivity contribution is -0.143. The predicted molar refractivity (Wildman–Crippen MR) is 50.8 cm³/mol. The molecule has 0 spiro atoms. The highest BCUT2D eigenvalue weighted by atomic mass is 16.5. The van der Waals surface area contributed by atoms with E-state index in [2.05, 4.69) is 0 Å². The summed E-state index contributed by atoms with van der Waals surface area (Å²) in [5.41, 5.74) is 0. The Morgan fingerprint density at radius 1 is 1.54 bits per heavy atom. The van der Waals surface area contributed by atoms with Gasteiger partial charge in [0.1, 0.15) is 6.04 Å². The number of carboxylic acids is 1. The average Bonchev–Trinajstić information content (AvgIpc) is 2.05. The number of hydrogen-bond acceptors (Lipinski definition) is 3. The largest absolute Gasteiger partial charge is 0.480 e. The molecular formula is C9H19NO3. The highest BCUT2D eigenvalue weighted by Gasteiger charge is 2.19. The van der Waals surface area contributed by atoms with E-state index < -0.39 is 5.97 Å². The minimum absolute atomic E-state index is 0.388. The molecule has 0 aliphatic carbocycles. The number of likely N-dealkylation sites (N-methyl/N-ethyl adjacent to an activating group) is 1. The van der Waals surface area contributed by atoms with Crippen LogP contribution in [0.3, 0.4) is 0 Å². The van der Waals surface area contributed by atoms with Gasteiger partial charge < -0.3 is 9.84 Å². The minimum atomic E-state index is -0.763. The van der Waals surface area contributed by atoms with Crippen LogP contribution in [0.1, 0.15) is 20.3 Å². The monoisotopic (exact) mass is 189 g/mol. The van der Waals surface area contributed by atoms with E-state index in [-0.39, 0.29) is 6.04 Å². The van der Waals surface area contributed by atoms with Crippen LogP contribution >= 0.6 is 0 Å². The van der Waals surface area contributed by atoms with Gasteiger partial charge >= 0.3 is 5.97 Å². The first-order valence-electron chi connectivity index (χ1n) is 4.64. The Labute approximate surface area is 79.5 Å². The van der Waals surface area contributed by atoms with Crippen molar-refractivity contribution in [1.29, 1.82) is 0 Å². The van der Waals surface area contributed by atoms with E-state index in [1.165, 1.54) is 0 Å². The van der Waals surface area contributed by atoms with Gasteiger partial charge in [0.2, 0.25) is 0 Å². The summed E-state index contributed by atoms with van der Waals surface area (Å²) in [5.74, 6) is -0.763. The minimum Gasteiger partial charge on any atom is -0.480 e. The van der Waals surface area contributed by atoms with Crippen molar-refractivity contribution in [3.8, 4) is 0 Å². The van der Waals surface area contributed by atoms with Gasteiger partial charge in [0.25, 0.3) is 0 Å². The molecule has 0 saturated carbocycles. The zero-order valence-electron chi connectivity index (χ0n) is 8.62. The van der Waals surface area contributed by atoms with E-state index in [1.807, 2.05) is 13.8 Å². The Morgan fingerprint density at radius 2 is 2.15 bits per heavy atom. The van der Waals surface area contributed by atoms with Gasteiger partial charge in [0.15, 0.2) is 0 Å². The molecule has 0 rings (SSSR count). The van der Waals surface area contributed by atoms with Gasteiger partial charge in [-0.15, -0.1) is 0 Å². The third-order valence-corrected chi connectivity index (χ3v) is 2.00. The van der Waals surface area contributed by atoms with E-state index >= 15 is 0 Å². The van der Waals surface area contributed by atoms with Crippen LogP contribution in [0.25, 0.3) is 0 Å². The Bertz CT molecular complexity index is 150. The van der Waals surface area contributed by atoms with Crippen molar-refractivity contribution in [2.75, 3.05) is 26.8 Å². The number of nitrogens with zero attached hydrogens (tertiary/aromatic N) is 1. The topological polar surface area (TPSA) is 49.8 Å². The molecule has 0 aliphatic heterocycles. The van der Waals surface area contributed by atoms with Gasteiger partial charge in [-0.2, -0.15) is 0 Å². The van der Waals surface area contributed by atoms with Crippen molar-refractivity contribution in [3.63, 3.8) is 0 Å². The lowest BCUT2D eigenvalue weighted by atomic mass is 10.2. The quantitative estimate of drug-likeness (QED) is 0.602. The molecule has 4 heteroatoms. The lowest BCUT2D eigenvalue weighted by Crippen LogP contribution is -2.39. The molecule has 0 fully saturated rings. The summed E-state index contributed by atoms with van der Waals surface area (Å²) >= 11 is 0. The molecule has 0 amide bonds. The second-order valence-corrected chi connectivity index (χ2v) is 2.94. The third kappa shape index (κ3) is 4.85. The summed E-state index contributed by atoms with van der Waals surface area (Å²) in [6, 6.07) is -0.388. The maximum absolute atomic E-state index is 10.7. The Balaban J connectivity index is 3.77. The fourth-order valence-corrected chi connectivity index (χ4v) is 1.18. The molecule has 13 heavy (non-hydrogen) atoms. The van der Waals surface area contributed by atoms with Crippen LogP contribution in [-0.2, 0) is 9.53 Å². The van der Waals surface area contributed by atoms with Crippen molar-refractivity contribution >= 4 is 5.97 Å². The van der Waals surface area contributed by atoms with Gasteiger partial charge in [-0.1, -0.05) is 6.92 Å². The van der Waals surface area contributed by atoms with Gasteiger partial charge in [-0.3, -0.25) is 9.69 Å². The smallest absolute Gasteiger partial charge is 0.320 e. The van der Waals surface area contributed by atoms with Gasteiger partial charge in [-0.25, -0.2) is 0 Å². The summed E-state index contributed by atoms with van der Waals surface area (Å²) in [6.45, 7) is 5.73. The number of aliphatic carboxylic acids is 1. The maximum atomic E-state index is 10.7. The number of rotatable bonds is 7. The fraction of sp³-hybridized carbons (Fsp3) is 0.889. The van der Waals surface area contributed by atoms with Gasteiger partial charge in [0, 0.05) is 13.2 Å². The van der Waals surface area contributed by atoms with Crippen molar-refractivity contribution in [3.05, 3.63) is 0 Å². The normalized spacial score (nSPS) is 13.2. The molecule has 0 saturated heterocycles. The zero-order chi connectivity index (χ0) is 10.3. The average molecular weight is 189 g/mol. The summed E-state index contributed by atoms with van der Waals surface area (Å²) < 4.78 is 5.14. The van der Waals surface area contributed by atoms with E-state index in [0.717, 1.165) is 0 Å². The molecule has 0 aromatic rings. The molecule has 0 aliphatic rings. The molecule has 78 valence electrons. The number of carboxylic acid groups (broad SMARTS) is 1. The fourth-order valence-electron chi connectivity index (χ4n) is 1.18. The van der Waals surface area contributed by atoms with E-state index in [1.54, 1.807) is 11.9 Å². The van der Waals surface area contributed by atoms with Crippen LogP contribution in [0.5, 0.6) is 0 Å². The molecule has 4 nitrogen and oxygen atoms in total. The van der Waals surface area contributed by atoms with E-state index in [0.29, 0.717) is 26.2 Å². The number of ether oxygens (including phenoxy) is 1. The second-order valence-electron chi connectivity index (χ2n) is 2.94. The number of hydrogen-bond donors (Lipinski definition) is 1. The predicted octanol–water partition coefficient (Wildman–Crippen LogP) is 0.818. The standard InChI is InChI=1S/C9H19NO3/c1-4-8(9(11)12)10(3)6-7-13-5-2/h8H,4-7H2,1-3H3,(H,11,12). The summed E-state index contributed by atoms with van der Waals surface area (Å²) in [4.78, 5) is 12.5. The van der Waals surface area contributed by atoms with E-state index in [4.69, 9.17) is 9.84 Å². The van der Waals surface area contributed by atoms with Gasteiger partial charge in [0.05, 0.1) is 6.61 Å². The van der Waals surface area contributed by atoms with Crippen LogP contribution in [-0.4, -0.2) is 48.8 Å². The summed E-state index contributed by atoms with van der Waals surface area (Å²) in [7, 11) is 1.81. The Morgan fingerprint density at radius 3 is 2.54 bits per heavy atom. The first kappa shape index (κ1) is 12.4. The zero-order valence-corrected chi connectivity index (χ0v) is 8.62. The maximum Gasteiger partial charge on any atom is 0.320 e. The molecule has 1 unspecified atom stereocenters. The summed E-state index contributed by atoms with van der Waals surface area (Å²) in [5, 5.41) is 8.82. The van der Waals surface area contributed by atoms with Crippen LogP contribution in [0.4, 0.5) is 0 Å².